The summed E-state index contributed by atoms with van der Waals surface area (Å²) in [4.78, 5) is 2.59. The van der Waals surface area contributed by atoms with Crippen molar-refractivity contribution in [3.05, 3.63) is 12.2 Å². The van der Waals surface area contributed by atoms with Gasteiger partial charge in [-0.2, -0.15) is 12.6 Å². The number of hydrogen-bond donors (Lipinski definition) is 1. The molecule has 0 amide bonds. The third kappa shape index (κ3) is 1.55. The second kappa shape index (κ2) is 3.43. The molecule has 1 aliphatic heterocycles. The standard InChI is InChI=1S/C10H17NS/c1-8(7-12)5-11-6-9-2-3-10(11)4-9/h9-10,12H,1-7H2. The zero-order chi connectivity index (χ0) is 8.55. The molecule has 2 fully saturated rings. The van der Waals surface area contributed by atoms with Gasteiger partial charge in [0.15, 0.2) is 0 Å². The quantitative estimate of drug-likeness (QED) is 0.517. The van der Waals surface area contributed by atoms with Crippen molar-refractivity contribution in [1.82, 2.24) is 4.90 Å². The highest BCUT2D eigenvalue weighted by molar-refractivity contribution is 7.80. The Morgan fingerprint density at radius 2 is 2.33 bits per heavy atom. The van der Waals surface area contributed by atoms with Crippen molar-refractivity contribution >= 4 is 12.6 Å². The van der Waals surface area contributed by atoms with Gasteiger partial charge in [-0.05, 0) is 25.2 Å². The molecule has 2 aliphatic rings. The monoisotopic (exact) mass is 183 g/mol. The number of fused-ring (bicyclic) bond motifs is 2. The topological polar surface area (TPSA) is 3.24 Å². The predicted octanol–water partition coefficient (Wildman–Crippen LogP) is 1.96. The van der Waals surface area contributed by atoms with E-state index in [-0.39, 0.29) is 0 Å². The molecule has 0 aromatic rings. The molecule has 0 radical (unpaired) electrons. The van der Waals surface area contributed by atoms with Crippen LogP contribution in [-0.2, 0) is 0 Å². The number of rotatable bonds is 3. The lowest BCUT2D eigenvalue weighted by molar-refractivity contribution is 0.231. The van der Waals surface area contributed by atoms with Gasteiger partial charge >= 0.3 is 0 Å². The van der Waals surface area contributed by atoms with Crippen molar-refractivity contribution in [2.45, 2.75) is 25.3 Å². The largest absolute Gasteiger partial charge is 0.296 e. The summed E-state index contributed by atoms with van der Waals surface area (Å²) in [6.45, 7) is 6.41. The minimum atomic E-state index is 0.841. The lowest BCUT2D eigenvalue weighted by Crippen LogP contribution is -2.33. The van der Waals surface area contributed by atoms with E-state index in [0.717, 1.165) is 24.3 Å². The first-order chi connectivity index (χ1) is 5.79. The Bertz CT molecular complexity index is 190. The molecule has 1 saturated heterocycles. The van der Waals surface area contributed by atoms with Crippen LogP contribution in [0.15, 0.2) is 12.2 Å². The molecule has 0 aromatic carbocycles. The fraction of sp³-hybridized carbons (Fsp3) is 0.800. The van der Waals surface area contributed by atoms with Gasteiger partial charge in [0.2, 0.25) is 0 Å². The summed E-state index contributed by atoms with van der Waals surface area (Å²) < 4.78 is 0. The Morgan fingerprint density at radius 1 is 1.50 bits per heavy atom. The normalized spacial score (nSPS) is 34.4. The van der Waals surface area contributed by atoms with E-state index in [4.69, 9.17) is 0 Å². The Labute approximate surface area is 80.2 Å². The van der Waals surface area contributed by atoms with Crippen molar-refractivity contribution in [2.24, 2.45) is 5.92 Å². The van der Waals surface area contributed by atoms with Crippen LogP contribution in [0.1, 0.15) is 19.3 Å². The van der Waals surface area contributed by atoms with Crippen LogP contribution in [0.5, 0.6) is 0 Å². The first kappa shape index (κ1) is 8.64. The molecule has 2 bridgehead atoms. The second-order valence-corrected chi connectivity index (χ2v) is 4.49. The zero-order valence-electron chi connectivity index (χ0n) is 7.50. The summed E-state index contributed by atoms with van der Waals surface area (Å²) in [5, 5.41) is 0. The van der Waals surface area contributed by atoms with Gasteiger partial charge in [-0.3, -0.25) is 4.90 Å². The number of thiol groups is 1. The van der Waals surface area contributed by atoms with E-state index >= 15 is 0 Å². The molecule has 2 rings (SSSR count). The summed E-state index contributed by atoms with van der Waals surface area (Å²) in [5.74, 6) is 1.84. The minimum Gasteiger partial charge on any atom is -0.296 e. The van der Waals surface area contributed by atoms with Gasteiger partial charge in [-0.25, -0.2) is 0 Å². The van der Waals surface area contributed by atoms with E-state index in [0.29, 0.717) is 0 Å². The zero-order valence-corrected chi connectivity index (χ0v) is 8.39. The Kier molecular flexibility index (Phi) is 2.47. The fourth-order valence-electron chi connectivity index (χ4n) is 2.56. The van der Waals surface area contributed by atoms with Gasteiger partial charge < -0.3 is 0 Å². The van der Waals surface area contributed by atoms with Crippen LogP contribution in [0.2, 0.25) is 0 Å². The van der Waals surface area contributed by atoms with Crippen molar-refractivity contribution in [3.63, 3.8) is 0 Å². The SMILES string of the molecule is C=C(CS)CN1CC2CCC1C2. The van der Waals surface area contributed by atoms with E-state index in [9.17, 15) is 0 Å². The molecule has 1 aliphatic carbocycles. The van der Waals surface area contributed by atoms with E-state index in [2.05, 4.69) is 24.1 Å². The van der Waals surface area contributed by atoms with Gasteiger partial charge in [-0.15, -0.1) is 0 Å². The number of likely N-dealkylation sites (tertiary alicyclic amines) is 1. The van der Waals surface area contributed by atoms with E-state index in [1.54, 1.807) is 0 Å². The second-order valence-electron chi connectivity index (χ2n) is 4.17. The van der Waals surface area contributed by atoms with Gasteiger partial charge in [-0.1, -0.05) is 12.2 Å². The molecule has 0 N–H and O–H groups in total. The van der Waals surface area contributed by atoms with Crippen LogP contribution < -0.4 is 0 Å². The van der Waals surface area contributed by atoms with Crippen LogP contribution in [0.25, 0.3) is 0 Å². The van der Waals surface area contributed by atoms with Crippen molar-refractivity contribution < 1.29 is 0 Å². The first-order valence-electron chi connectivity index (χ1n) is 4.81. The Balaban J connectivity index is 1.86. The maximum Gasteiger partial charge on any atom is 0.0201 e. The summed E-state index contributed by atoms with van der Waals surface area (Å²) >= 11 is 4.23. The summed E-state index contributed by atoms with van der Waals surface area (Å²) in [5.41, 5.74) is 1.27. The molecule has 1 nitrogen and oxygen atoms in total. The number of piperidine rings is 1. The highest BCUT2D eigenvalue weighted by atomic mass is 32.1. The Hall–Kier alpha value is 0.0500. The van der Waals surface area contributed by atoms with Crippen molar-refractivity contribution in [2.75, 3.05) is 18.8 Å². The van der Waals surface area contributed by atoms with Gasteiger partial charge in [0.25, 0.3) is 0 Å². The smallest absolute Gasteiger partial charge is 0.0201 e. The molecule has 2 atom stereocenters. The van der Waals surface area contributed by atoms with Crippen LogP contribution >= 0.6 is 12.6 Å². The lowest BCUT2D eigenvalue weighted by Gasteiger charge is -2.27. The lowest BCUT2D eigenvalue weighted by atomic mass is 10.1. The van der Waals surface area contributed by atoms with Crippen LogP contribution in [0, 0.1) is 5.92 Å². The highest BCUT2D eigenvalue weighted by Crippen LogP contribution is 2.37. The van der Waals surface area contributed by atoms with Gasteiger partial charge in [0, 0.05) is 24.9 Å². The molecular formula is C10H17NS. The van der Waals surface area contributed by atoms with Crippen molar-refractivity contribution in [3.8, 4) is 0 Å². The highest BCUT2D eigenvalue weighted by Gasteiger charge is 2.37. The first-order valence-corrected chi connectivity index (χ1v) is 5.44. The molecule has 1 saturated carbocycles. The minimum absolute atomic E-state index is 0.841. The van der Waals surface area contributed by atoms with Gasteiger partial charge in [0.1, 0.15) is 0 Å². The average molecular weight is 183 g/mol. The van der Waals surface area contributed by atoms with Crippen molar-refractivity contribution in [1.29, 1.82) is 0 Å². The molecule has 2 unspecified atom stereocenters. The maximum absolute atomic E-state index is 4.23. The summed E-state index contributed by atoms with van der Waals surface area (Å²) in [6.07, 6.45) is 4.33. The van der Waals surface area contributed by atoms with Crippen LogP contribution in [0.3, 0.4) is 0 Å². The van der Waals surface area contributed by atoms with Crippen LogP contribution in [0.4, 0.5) is 0 Å². The van der Waals surface area contributed by atoms with Crippen LogP contribution in [-0.4, -0.2) is 29.8 Å². The Morgan fingerprint density at radius 3 is 2.83 bits per heavy atom. The third-order valence-electron chi connectivity index (χ3n) is 3.17. The molecule has 1 heterocycles. The third-order valence-corrected chi connectivity index (χ3v) is 3.62. The fourth-order valence-corrected chi connectivity index (χ4v) is 2.66. The average Bonchev–Trinajstić information content (AvgIpc) is 2.64. The predicted molar refractivity (Wildman–Crippen MR) is 55.7 cm³/mol. The maximum atomic E-state index is 4.23. The molecule has 0 aromatic heterocycles. The van der Waals surface area contributed by atoms with E-state index < -0.39 is 0 Å². The molecule has 12 heavy (non-hydrogen) atoms. The summed E-state index contributed by atoms with van der Waals surface area (Å²) in [7, 11) is 0. The number of hydrogen-bond acceptors (Lipinski definition) is 2. The molecule has 0 spiro atoms. The van der Waals surface area contributed by atoms with Gasteiger partial charge in [0.05, 0.1) is 0 Å². The molecule has 68 valence electrons. The number of nitrogens with zero attached hydrogens (tertiary/aromatic N) is 1. The molecular weight excluding hydrogens is 166 g/mol. The van der Waals surface area contributed by atoms with E-state index in [1.165, 1.54) is 31.4 Å². The summed E-state index contributed by atoms with van der Waals surface area (Å²) in [6, 6.07) is 0.881. The molecule has 2 heteroatoms. The van der Waals surface area contributed by atoms with E-state index in [1.807, 2.05) is 0 Å².